The molecule has 0 bridgehead atoms. The van der Waals surface area contributed by atoms with Crippen LogP contribution >= 0.6 is 0 Å². The van der Waals surface area contributed by atoms with Gasteiger partial charge in [0.15, 0.2) is 0 Å². The molecule has 0 aliphatic rings. The van der Waals surface area contributed by atoms with Crippen LogP contribution in [-0.2, 0) is 0 Å². The van der Waals surface area contributed by atoms with Gasteiger partial charge in [-0.25, -0.2) is 4.98 Å². The van der Waals surface area contributed by atoms with Crippen molar-refractivity contribution >= 4 is 43.4 Å². The second-order valence-corrected chi connectivity index (χ2v) is 14.0. The Bertz CT molecular complexity index is 3680. The summed E-state index contributed by atoms with van der Waals surface area (Å²) in [4.78, 5) is 5.15. The summed E-state index contributed by atoms with van der Waals surface area (Å²) in [6.07, 6.45) is 0. The maximum absolute atomic E-state index is 8.94. The van der Waals surface area contributed by atoms with Crippen LogP contribution in [0.5, 0.6) is 0 Å². The fraction of sp³-hybridized carbons (Fsp3) is 0. The Morgan fingerprint density at radius 3 is 1.47 bits per heavy atom. The molecule has 1 heterocycles. The highest BCUT2D eigenvalue weighted by Gasteiger charge is 2.19. The zero-order chi connectivity index (χ0) is 46.4. The summed E-state index contributed by atoms with van der Waals surface area (Å²) < 4.78 is 88.6. The maximum Gasteiger partial charge on any atom is 0.145 e. The van der Waals surface area contributed by atoms with Gasteiger partial charge in [0.1, 0.15) is 5.82 Å². The molecular formula is C55H36N2. The van der Waals surface area contributed by atoms with Crippen LogP contribution < -0.4 is 0 Å². The van der Waals surface area contributed by atoms with Crippen LogP contribution in [0.1, 0.15) is 13.7 Å². The molecule has 11 aromatic rings. The maximum atomic E-state index is 8.94. The highest BCUT2D eigenvalue weighted by molar-refractivity contribution is 6.21. The van der Waals surface area contributed by atoms with Crippen molar-refractivity contribution in [3.8, 4) is 61.6 Å². The van der Waals surface area contributed by atoms with Crippen LogP contribution in [0, 0.1) is 0 Å². The van der Waals surface area contributed by atoms with Gasteiger partial charge < -0.3 is 0 Å². The monoisotopic (exact) mass is 734 g/mol. The minimum absolute atomic E-state index is 0.0686. The SMILES string of the molecule is [2H]c1c([2H])c([2H])c(-c2cc(-c3c([2H])c([2H])c([2H])c([2H])c3[2H])cc(-c3c4ccccc4c(-c4ccc(-c5nc6ccccc6n5-c5ccc6ccccc6c5)cc4)c4ccccc34)c2)c([2H])c1[2H]. The Morgan fingerprint density at radius 2 is 0.860 bits per heavy atom. The Morgan fingerprint density at radius 1 is 0.368 bits per heavy atom. The number of imidazole rings is 1. The van der Waals surface area contributed by atoms with Crippen LogP contribution in [0.15, 0.2) is 218 Å². The van der Waals surface area contributed by atoms with Gasteiger partial charge in [0.05, 0.1) is 24.7 Å². The highest BCUT2D eigenvalue weighted by atomic mass is 15.1. The molecule has 0 N–H and O–H groups in total. The summed E-state index contributed by atoms with van der Waals surface area (Å²) in [5.41, 5.74) is 7.42. The average Bonchev–Trinajstić information content (AvgIpc) is 3.75. The molecule has 0 radical (unpaired) electrons. The molecule has 2 nitrogen and oxygen atoms in total. The molecule has 0 unspecified atom stereocenters. The summed E-state index contributed by atoms with van der Waals surface area (Å²) in [6, 6.07) is 47.6. The second kappa shape index (κ2) is 13.6. The zero-order valence-corrected chi connectivity index (χ0v) is 30.4. The van der Waals surface area contributed by atoms with E-state index in [0.717, 1.165) is 77.1 Å². The van der Waals surface area contributed by atoms with Gasteiger partial charge in [0.25, 0.3) is 0 Å². The molecule has 11 rings (SSSR count). The molecule has 0 saturated heterocycles. The minimum atomic E-state index is -0.537. The van der Waals surface area contributed by atoms with Gasteiger partial charge in [0, 0.05) is 11.3 Å². The van der Waals surface area contributed by atoms with E-state index < -0.39 is 60.4 Å². The number of rotatable bonds is 6. The number of benzene rings is 10. The lowest BCUT2D eigenvalue weighted by molar-refractivity contribution is 1.11. The molecule has 0 saturated carbocycles. The average molecular weight is 735 g/mol. The van der Waals surface area contributed by atoms with Crippen LogP contribution in [0.3, 0.4) is 0 Å². The lowest BCUT2D eigenvalue weighted by atomic mass is 9.84. The molecule has 0 atom stereocenters. The molecule has 57 heavy (non-hydrogen) atoms. The summed E-state index contributed by atoms with van der Waals surface area (Å²) >= 11 is 0. The minimum Gasteiger partial charge on any atom is -0.292 e. The summed E-state index contributed by atoms with van der Waals surface area (Å²) in [5, 5.41) is 5.83. The Kier molecular flexibility index (Phi) is 5.76. The Labute approximate surface area is 345 Å². The van der Waals surface area contributed by atoms with E-state index in [0.29, 0.717) is 5.56 Å². The number of hydrogen-bond acceptors (Lipinski definition) is 1. The Hall–Kier alpha value is -7.55. The van der Waals surface area contributed by atoms with Gasteiger partial charge in [-0.3, -0.25) is 4.57 Å². The molecule has 266 valence electrons. The third-order valence-corrected chi connectivity index (χ3v) is 10.7. The van der Waals surface area contributed by atoms with Crippen LogP contribution in [0.25, 0.3) is 105 Å². The lowest BCUT2D eigenvalue weighted by Gasteiger charge is -2.19. The molecule has 0 aliphatic carbocycles. The zero-order valence-electron chi connectivity index (χ0n) is 40.4. The number of aromatic nitrogens is 2. The molecule has 0 fully saturated rings. The van der Waals surface area contributed by atoms with E-state index in [-0.39, 0.29) is 22.3 Å². The largest absolute Gasteiger partial charge is 0.292 e. The standard InChI is InChI=1S/C55H36N2/c1-3-15-37(16-4-1)43-33-44(38-17-5-2-6-18-38)35-45(34-43)54-49-23-11-9-21-47(49)53(48-22-10-12-24-50(48)54)40-27-29-41(30-28-40)55-56-51-25-13-14-26-52(51)57(55)46-32-31-39-19-7-8-20-42(39)36-46/h1-36H/i1D,2D,3D,4D,5D,6D,15D,16D,17D,18D. The third-order valence-electron chi connectivity index (χ3n) is 10.7. The fourth-order valence-electron chi connectivity index (χ4n) is 8.18. The number of nitrogens with zero attached hydrogens (tertiary/aromatic N) is 2. The summed E-state index contributed by atoms with van der Waals surface area (Å²) in [5.74, 6) is 0.807. The summed E-state index contributed by atoms with van der Waals surface area (Å²) in [7, 11) is 0. The lowest BCUT2D eigenvalue weighted by Crippen LogP contribution is -1.98. The van der Waals surface area contributed by atoms with E-state index in [9.17, 15) is 0 Å². The summed E-state index contributed by atoms with van der Waals surface area (Å²) in [6.45, 7) is 0. The molecule has 0 amide bonds. The van der Waals surface area contributed by atoms with Crippen LogP contribution in [-0.4, -0.2) is 9.55 Å². The molecule has 0 aliphatic heterocycles. The van der Waals surface area contributed by atoms with Crippen molar-refractivity contribution in [1.82, 2.24) is 9.55 Å². The van der Waals surface area contributed by atoms with E-state index in [2.05, 4.69) is 77.4 Å². The molecule has 10 aromatic carbocycles. The quantitative estimate of drug-likeness (QED) is 0.156. The molecule has 0 spiro atoms. The van der Waals surface area contributed by atoms with E-state index in [1.54, 1.807) is 18.2 Å². The molecule has 1 aromatic heterocycles. The first-order chi connectivity index (χ1) is 32.4. The van der Waals surface area contributed by atoms with Gasteiger partial charge in [-0.1, -0.05) is 176 Å². The van der Waals surface area contributed by atoms with Crippen molar-refractivity contribution < 1.29 is 13.7 Å². The fourth-order valence-corrected chi connectivity index (χ4v) is 8.18. The van der Waals surface area contributed by atoms with Gasteiger partial charge >= 0.3 is 0 Å². The third kappa shape index (κ3) is 5.70. The predicted molar refractivity (Wildman–Crippen MR) is 241 cm³/mol. The first-order valence-corrected chi connectivity index (χ1v) is 18.7. The van der Waals surface area contributed by atoms with Crippen molar-refractivity contribution in [2.75, 3.05) is 0 Å². The van der Waals surface area contributed by atoms with Gasteiger partial charge in [0.2, 0.25) is 0 Å². The van der Waals surface area contributed by atoms with Gasteiger partial charge in [-0.05, 0) is 119 Å². The van der Waals surface area contributed by atoms with E-state index >= 15 is 0 Å². The van der Waals surface area contributed by atoms with Gasteiger partial charge in [-0.2, -0.15) is 0 Å². The number of para-hydroxylation sites is 2. The molecular weight excluding hydrogens is 689 g/mol. The number of fused-ring (bicyclic) bond motifs is 4. The van der Waals surface area contributed by atoms with Crippen molar-refractivity contribution in [2.24, 2.45) is 0 Å². The van der Waals surface area contributed by atoms with E-state index in [4.69, 9.17) is 18.7 Å². The smallest absolute Gasteiger partial charge is 0.145 e. The van der Waals surface area contributed by atoms with Crippen molar-refractivity contribution in [1.29, 1.82) is 0 Å². The van der Waals surface area contributed by atoms with Gasteiger partial charge in [-0.15, -0.1) is 0 Å². The van der Waals surface area contributed by atoms with E-state index in [1.807, 2.05) is 66.7 Å². The van der Waals surface area contributed by atoms with Crippen molar-refractivity contribution in [3.63, 3.8) is 0 Å². The van der Waals surface area contributed by atoms with E-state index in [1.165, 1.54) is 0 Å². The first-order valence-electron chi connectivity index (χ1n) is 23.7. The van der Waals surface area contributed by atoms with Crippen molar-refractivity contribution in [2.45, 2.75) is 0 Å². The number of hydrogen-bond donors (Lipinski definition) is 0. The van der Waals surface area contributed by atoms with Crippen LogP contribution in [0.4, 0.5) is 0 Å². The predicted octanol–water partition coefficient (Wildman–Crippen LogP) is 14.8. The molecule has 2 heteroatoms. The first kappa shape index (κ1) is 24.1. The topological polar surface area (TPSA) is 17.8 Å². The van der Waals surface area contributed by atoms with Crippen molar-refractivity contribution in [3.05, 3.63) is 218 Å². The Balaban J connectivity index is 1.13. The normalized spacial score (nSPS) is 14.0. The highest BCUT2D eigenvalue weighted by Crippen LogP contribution is 2.45. The second-order valence-electron chi connectivity index (χ2n) is 14.0. The van der Waals surface area contributed by atoms with Crippen LogP contribution in [0.2, 0.25) is 0 Å².